The van der Waals surface area contributed by atoms with Gasteiger partial charge in [-0.1, -0.05) is 27.6 Å². The van der Waals surface area contributed by atoms with Crippen molar-refractivity contribution < 1.29 is 38.9 Å². The number of rotatable bonds is 5. The highest BCUT2D eigenvalue weighted by Crippen LogP contribution is 2.64. The van der Waals surface area contributed by atoms with Gasteiger partial charge >= 0.3 is 5.97 Å². The Morgan fingerprint density at radius 3 is 2.55 bits per heavy atom. The summed E-state index contributed by atoms with van der Waals surface area (Å²) in [4.78, 5) is 63.5. The highest BCUT2D eigenvalue weighted by molar-refractivity contribution is 9.09. The number of likely N-dealkylation sites (tertiary alicyclic amines) is 2. The average Bonchev–Trinajstić information content (AvgIpc) is 3.24. The summed E-state index contributed by atoms with van der Waals surface area (Å²) in [5.74, 6) is -6.28. The van der Waals surface area contributed by atoms with Crippen LogP contribution in [0, 0.1) is 23.7 Å². The van der Waals surface area contributed by atoms with Crippen molar-refractivity contribution >= 4 is 68.7 Å². The number of nitrogens with zero attached hydrogens (tertiary/aromatic N) is 2. The van der Waals surface area contributed by atoms with Crippen molar-refractivity contribution in [2.75, 3.05) is 12.0 Å². The molecule has 0 bridgehead atoms. The zero-order chi connectivity index (χ0) is 28.7. The number of carbonyl (C=O) groups excluding carboxylic acids is 4. The third-order valence-corrected chi connectivity index (χ3v) is 10.7. The van der Waals surface area contributed by atoms with Crippen molar-refractivity contribution in [3.05, 3.63) is 47.2 Å². The molecule has 1 saturated carbocycles. The van der Waals surface area contributed by atoms with Crippen LogP contribution in [0.15, 0.2) is 41.7 Å². The lowest BCUT2D eigenvalue weighted by molar-refractivity contribution is -0.143. The number of carboxylic acids is 1. The van der Waals surface area contributed by atoms with E-state index in [0.29, 0.717) is 22.5 Å². The van der Waals surface area contributed by atoms with Crippen LogP contribution < -0.4 is 4.74 Å². The molecular weight excluding hydrogens is 631 g/mol. The molecule has 3 heterocycles. The summed E-state index contributed by atoms with van der Waals surface area (Å²) >= 11 is 17.6. The van der Waals surface area contributed by atoms with Crippen molar-refractivity contribution in [2.45, 2.75) is 35.4 Å². The van der Waals surface area contributed by atoms with Crippen LogP contribution in [0.25, 0.3) is 0 Å². The molecule has 6 rings (SSSR count). The number of aromatic hydroxyl groups is 1. The second-order valence-corrected chi connectivity index (χ2v) is 12.5. The second kappa shape index (κ2) is 9.32. The molecule has 3 aliphatic heterocycles. The number of phenols is 1. The monoisotopic (exact) mass is 652 g/mol. The van der Waals surface area contributed by atoms with Crippen molar-refractivity contribution in [1.29, 1.82) is 0 Å². The maximum Gasteiger partial charge on any atom is 0.305 e. The van der Waals surface area contributed by atoms with Crippen molar-refractivity contribution in [2.24, 2.45) is 23.7 Å². The number of aliphatic carboxylic acids is 1. The van der Waals surface area contributed by atoms with Gasteiger partial charge in [0.2, 0.25) is 11.8 Å². The molecule has 40 heavy (non-hydrogen) atoms. The normalized spacial score (nSPS) is 34.5. The molecule has 0 unspecified atom stereocenters. The fourth-order valence-electron chi connectivity index (χ4n) is 7.06. The lowest BCUT2D eigenvalue weighted by Crippen LogP contribution is -2.61. The van der Waals surface area contributed by atoms with Crippen LogP contribution in [0.4, 0.5) is 0 Å². The molecular formula is C27H23BrCl2N2O8. The van der Waals surface area contributed by atoms with Crippen LogP contribution in [-0.2, 0) is 30.4 Å². The maximum absolute atomic E-state index is 13.8. The number of ether oxygens (including phenoxy) is 1. The van der Waals surface area contributed by atoms with Crippen molar-refractivity contribution in [1.82, 2.24) is 9.80 Å². The third-order valence-electron chi connectivity index (χ3n) is 8.80. The minimum absolute atomic E-state index is 0.0197. The molecule has 2 saturated heterocycles. The van der Waals surface area contributed by atoms with Gasteiger partial charge in [0, 0.05) is 24.4 Å². The Morgan fingerprint density at radius 2 is 1.85 bits per heavy atom. The number of alkyl halides is 3. The van der Waals surface area contributed by atoms with Crippen LogP contribution in [0.3, 0.4) is 0 Å². The summed E-state index contributed by atoms with van der Waals surface area (Å²) < 4.78 is 5.86. The Bertz CT molecular complexity index is 1460. The number of phenolic OH excluding ortho intramolecular Hbond substituents is 1. The van der Waals surface area contributed by atoms with Crippen LogP contribution in [0.5, 0.6) is 11.5 Å². The zero-order valence-corrected chi connectivity index (χ0v) is 23.9. The number of allylic oxidation sites excluding steroid dienone is 3. The highest BCUT2D eigenvalue weighted by atomic mass is 79.9. The molecule has 10 nitrogen and oxygen atoms in total. The first-order valence-corrected chi connectivity index (χ1v) is 14.6. The first-order valence-electron chi connectivity index (χ1n) is 12.7. The number of carbonyl (C=O) groups is 5. The Morgan fingerprint density at radius 1 is 1.10 bits per heavy atom. The average molecular weight is 654 g/mol. The fourth-order valence-corrected chi connectivity index (χ4v) is 8.50. The first kappa shape index (κ1) is 27.3. The molecule has 4 amide bonds. The number of amides is 4. The molecule has 0 aromatic heterocycles. The minimum atomic E-state index is -1.95. The van der Waals surface area contributed by atoms with E-state index >= 15 is 0 Å². The second-order valence-electron chi connectivity index (χ2n) is 10.7. The molecule has 5 aliphatic rings. The predicted octanol–water partition coefficient (Wildman–Crippen LogP) is 2.93. The molecule has 0 spiro atoms. The van der Waals surface area contributed by atoms with E-state index in [1.165, 1.54) is 18.4 Å². The quantitative estimate of drug-likeness (QED) is 0.214. The van der Waals surface area contributed by atoms with Gasteiger partial charge in [0.25, 0.3) is 11.8 Å². The van der Waals surface area contributed by atoms with E-state index in [2.05, 4.69) is 15.9 Å². The Labute approximate surface area is 246 Å². The Hall–Kier alpha value is -2.89. The van der Waals surface area contributed by atoms with E-state index in [1.807, 2.05) is 0 Å². The number of hydrogen-bond donors (Lipinski definition) is 2. The largest absolute Gasteiger partial charge is 0.508 e. The molecule has 1 aromatic carbocycles. The number of halogens is 3. The molecule has 0 radical (unpaired) electrons. The Kier molecular flexibility index (Phi) is 6.36. The summed E-state index contributed by atoms with van der Waals surface area (Å²) in [5, 5.41) is 19.2. The maximum atomic E-state index is 13.8. The smallest absolute Gasteiger partial charge is 0.305 e. The minimum Gasteiger partial charge on any atom is -0.508 e. The molecule has 2 N–H and O–H groups in total. The van der Waals surface area contributed by atoms with Crippen LogP contribution in [0.1, 0.15) is 24.8 Å². The van der Waals surface area contributed by atoms with Gasteiger partial charge in [-0.3, -0.25) is 33.8 Å². The lowest BCUT2D eigenvalue weighted by Gasteiger charge is -2.51. The number of benzene rings is 1. The van der Waals surface area contributed by atoms with Crippen LogP contribution >= 0.6 is 39.1 Å². The zero-order valence-electron chi connectivity index (χ0n) is 20.8. The topological polar surface area (TPSA) is 142 Å². The molecule has 3 fully saturated rings. The van der Waals surface area contributed by atoms with Crippen molar-refractivity contribution in [3.8, 4) is 11.5 Å². The van der Waals surface area contributed by atoms with E-state index in [-0.39, 0.29) is 37.0 Å². The SMILES string of the molecule is O=C(O)CCN1C(=O)[C@H]2[C@H](CC=C3[C@H](C4=COc5ccc(O)cc5C4)[C@]4(Cl)C(=O)N(CBr)C(=O)[C@]4(Cl)C[C@H]32)C1=O. The third kappa shape index (κ3) is 3.56. The summed E-state index contributed by atoms with van der Waals surface area (Å²) in [5.41, 5.74) is 1.65. The first-order chi connectivity index (χ1) is 18.9. The summed E-state index contributed by atoms with van der Waals surface area (Å²) in [7, 11) is 0. The van der Waals surface area contributed by atoms with E-state index in [0.717, 1.165) is 9.80 Å². The number of hydrogen-bond acceptors (Lipinski definition) is 7. The van der Waals surface area contributed by atoms with E-state index in [9.17, 15) is 29.1 Å². The van der Waals surface area contributed by atoms with Gasteiger partial charge in [0.05, 0.1) is 30.0 Å². The lowest BCUT2D eigenvalue weighted by atomic mass is 9.56. The van der Waals surface area contributed by atoms with Gasteiger partial charge in [-0.25, -0.2) is 0 Å². The predicted molar refractivity (Wildman–Crippen MR) is 144 cm³/mol. The summed E-state index contributed by atoms with van der Waals surface area (Å²) in [6.45, 7) is -0.259. The molecule has 2 aliphatic carbocycles. The Balaban J connectivity index is 1.47. The van der Waals surface area contributed by atoms with Crippen LogP contribution in [0.2, 0.25) is 0 Å². The van der Waals surface area contributed by atoms with E-state index < -0.39 is 69.4 Å². The molecule has 13 heteroatoms. The molecule has 210 valence electrons. The molecule has 6 atom stereocenters. The van der Waals surface area contributed by atoms with E-state index in [1.54, 1.807) is 12.1 Å². The van der Waals surface area contributed by atoms with Gasteiger partial charge in [-0.15, -0.1) is 23.2 Å². The van der Waals surface area contributed by atoms with Gasteiger partial charge in [0.1, 0.15) is 11.5 Å². The summed E-state index contributed by atoms with van der Waals surface area (Å²) in [6, 6.07) is 4.63. The fraction of sp³-hybridized carbons (Fsp3) is 0.444. The summed E-state index contributed by atoms with van der Waals surface area (Å²) in [6.07, 6.45) is 3.12. The van der Waals surface area contributed by atoms with Gasteiger partial charge < -0.3 is 14.9 Å². The highest BCUT2D eigenvalue weighted by Gasteiger charge is 2.76. The van der Waals surface area contributed by atoms with Gasteiger partial charge in [0.15, 0.2) is 9.75 Å². The van der Waals surface area contributed by atoms with E-state index in [4.69, 9.17) is 33.0 Å². The number of imide groups is 2. The number of fused-ring (bicyclic) bond motifs is 5. The van der Waals surface area contributed by atoms with Crippen molar-refractivity contribution in [3.63, 3.8) is 0 Å². The van der Waals surface area contributed by atoms with Gasteiger partial charge in [-0.05, 0) is 42.5 Å². The molecule has 1 aromatic rings. The van der Waals surface area contributed by atoms with Gasteiger partial charge in [-0.2, -0.15) is 0 Å². The standard InChI is InChI=1S/C27H23BrCl2N2O8/c28-11-32-24(38)26(29)9-17-15(2-3-16-20(17)23(37)31(22(16)36)6-5-19(34)35)21(27(26,30)25(32)39)13-7-12-8-14(33)1-4-18(12)40-10-13/h1-2,4,8,10,16-17,20-21,33H,3,5-7,9,11H2,(H,34,35)/t16-,17+,20-,21-,26+,27-/m0/s1. The number of carboxylic acid groups (broad SMARTS) is 1. The van der Waals surface area contributed by atoms with Crippen LogP contribution in [-0.4, -0.2) is 71.4 Å².